The molecule has 24 heavy (non-hydrogen) atoms. The van der Waals surface area contributed by atoms with Crippen molar-refractivity contribution in [3.05, 3.63) is 34.7 Å². The first-order valence-electron chi connectivity index (χ1n) is 7.87. The monoisotopic (exact) mass is 347 g/mol. The Labute approximate surface area is 146 Å². The number of nitrogens with zero attached hydrogens (tertiary/aromatic N) is 3. The third-order valence-corrected chi connectivity index (χ3v) is 4.93. The van der Waals surface area contributed by atoms with E-state index in [1.165, 1.54) is 4.90 Å². The number of thioether (sulfide) groups is 1. The topological polar surface area (TPSA) is 53.1 Å². The molecule has 0 spiro atoms. The summed E-state index contributed by atoms with van der Waals surface area (Å²) in [5.41, 5.74) is 2.00. The van der Waals surface area contributed by atoms with Gasteiger partial charge in [0.15, 0.2) is 0 Å². The van der Waals surface area contributed by atoms with E-state index in [0.717, 1.165) is 36.1 Å². The molecule has 7 heteroatoms. The highest BCUT2D eigenvalue weighted by Gasteiger charge is 2.36. The smallest absolute Gasteiger partial charge is 0.294 e. The Morgan fingerprint density at radius 3 is 2.46 bits per heavy atom. The number of benzene rings is 1. The Hall–Kier alpha value is -1.83. The fourth-order valence-electron chi connectivity index (χ4n) is 2.58. The molecule has 128 valence electrons. The highest BCUT2D eigenvalue weighted by molar-refractivity contribution is 8.18. The van der Waals surface area contributed by atoms with Gasteiger partial charge < -0.3 is 9.64 Å². The second-order valence-electron chi connectivity index (χ2n) is 5.97. The molecule has 2 amide bonds. The summed E-state index contributed by atoms with van der Waals surface area (Å²) in [7, 11) is 3.96. The lowest BCUT2D eigenvalue weighted by atomic mass is 10.2. The summed E-state index contributed by atoms with van der Waals surface area (Å²) in [6.07, 6.45) is 1.78. The van der Waals surface area contributed by atoms with Crippen molar-refractivity contribution in [3.63, 3.8) is 0 Å². The SMILES string of the molecule is CN(C)c1ccc(/C=C2/SC(=O)N(CN3CCOCC3)C2=O)cc1. The number of anilines is 1. The zero-order valence-electron chi connectivity index (χ0n) is 13.9. The van der Waals surface area contributed by atoms with E-state index in [4.69, 9.17) is 4.74 Å². The Morgan fingerprint density at radius 2 is 1.83 bits per heavy atom. The predicted octanol–water partition coefficient (Wildman–Crippen LogP) is 2.08. The Balaban J connectivity index is 1.70. The van der Waals surface area contributed by atoms with Crippen LogP contribution in [-0.2, 0) is 9.53 Å². The molecule has 0 bridgehead atoms. The number of carbonyl (C=O) groups excluding carboxylic acids is 2. The van der Waals surface area contributed by atoms with Crippen LogP contribution in [0.3, 0.4) is 0 Å². The van der Waals surface area contributed by atoms with Gasteiger partial charge in [0.05, 0.1) is 24.8 Å². The van der Waals surface area contributed by atoms with E-state index in [1.54, 1.807) is 6.08 Å². The van der Waals surface area contributed by atoms with Gasteiger partial charge in [0.25, 0.3) is 11.1 Å². The molecular formula is C17H21N3O3S. The fourth-order valence-corrected chi connectivity index (χ4v) is 3.42. The van der Waals surface area contributed by atoms with E-state index in [2.05, 4.69) is 4.90 Å². The van der Waals surface area contributed by atoms with E-state index in [9.17, 15) is 9.59 Å². The van der Waals surface area contributed by atoms with E-state index in [1.807, 2.05) is 43.3 Å². The number of rotatable bonds is 4. The number of morpholine rings is 1. The summed E-state index contributed by atoms with van der Waals surface area (Å²) < 4.78 is 5.29. The van der Waals surface area contributed by atoms with Crippen LogP contribution in [0, 0.1) is 0 Å². The molecule has 2 heterocycles. The number of carbonyl (C=O) groups is 2. The molecule has 2 aliphatic heterocycles. The van der Waals surface area contributed by atoms with Gasteiger partial charge >= 0.3 is 0 Å². The van der Waals surface area contributed by atoms with Crippen LogP contribution in [0.1, 0.15) is 5.56 Å². The summed E-state index contributed by atoms with van der Waals surface area (Å²) in [6, 6.07) is 7.88. The van der Waals surface area contributed by atoms with Crippen LogP contribution < -0.4 is 4.90 Å². The van der Waals surface area contributed by atoms with Gasteiger partial charge in [-0.25, -0.2) is 0 Å². The maximum Gasteiger partial charge on any atom is 0.294 e. The average molecular weight is 347 g/mol. The molecule has 0 aliphatic carbocycles. The molecule has 2 saturated heterocycles. The van der Waals surface area contributed by atoms with Crippen LogP contribution in [0.25, 0.3) is 6.08 Å². The molecule has 3 rings (SSSR count). The second kappa shape index (κ2) is 7.38. The fraction of sp³-hybridized carbons (Fsp3) is 0.412. The highest BCUT2D eigenvalue weighted by Crippen LogP contribution is 2.32. The van der Waals surface area contributed by atoms with Crippen molar-refractivity contribution in [2.24, 2.45) is 0 Å². The quantitative estimate of drug-likeness (QED) is 0.778. The predicted molar refractivity (Wildman–Crippen MR) is 95.8 cm³/mol. The van der Waals surface area contributed by atoms with Crippen molar-refractivity contribution in [1.82, 2.24) is 9.80 Å². The van der Waals surface area contributed by atoms with Gasteiger partial charge in [-0.05, 0) is 35.5 Å². The third-order valence-electron chi connectivity index (χ3n) is 4.03. The molecule has 0 N–H and O–H groups in total. The molecule has 2 fully saturated rings. The first-order valence-corrected chi connectivity index (χ1v) is 8.69. The normalized spacial score (nSPS) is 20.9. The van der Waals surface area contributed by atoms with Gasteiger partial charge in [0, 0.05) is 32.9 Å². The lowest BCUT2D eigenvalue weighted by Crippen LogP contribution is -2.45. The molecular weight excluding hydrogens is 326 g/mol. The van der Waals surface area contributed by atoms with Crippen LogP contribution in [0.2, 0.25) is 0 Å². The lowest BCUT2D eigenvalue weighted by molar-refractivity contribution is -0.125. The highest BCUT2D eigenvalue weighted by atomic mass is 32.2. The molecule has 6 nitrogen and oxygen atoms in total. The van der Waals surface area contributed by atoms with E-state index >= 15 is 0 Å². The van der Waals surface area contributed by atoms with Gasteiger partial charge in [0.1, 0.15) is 0 Å². The summed E-state index contributed by atoms with van der Waals surface area (Å²) in [5.74, 6) is -0.215. The first-order chi connectivity index (χ1) is 11.5. The number of ether oxygens (including phenoxy) is 1. The molecule has 0 aromatic heterocycles. The number of amides is 2. The van der Waals surface area contributed by atoms with Gasteiger partial charge in [0.2, 0.25) is 0 Å². The van der Waals surface area contributed by atoms with Crippen molar-refractivity contribution in [2.45, 2.75) is 0 Å². The second-order valence-corrected chi connectivity index (χ2v) is 6.96. The molecule has 0 radical (unpaired) electrons. The summed E-state index contributed by atoms with van der Waals surface area (Å²) in [5, 5.41) is -0.206. The minimum atomic E-state index is -0.215. The molecule has 0 saturated carbocycles. The van der Waals surface area contributed by atoms with E-state index in [-0.39, 0.29) is 11.1 Å². The van der Waals surface area contributed by atoms with Crippen LogP contribution >= 0.6 is 11.8 Å². The van der Waals surface area contributed by atoms with E-state index < -0.39 is 0 Å². The summed E-state index contributed by atoms with van der Waals surface area (Å²) in [4.78, 5) is 30.6. The van der Waals surface area contributed by atoms with Gasteiger partial charge in [-0.2, -0.15) is 0 Å². The first kappa shape index (κ1) is 17.0. The largest absolute Gasteiger partial charge is 0.379 e. The third kappa shape index (κ3) is 3.80. The Morgan fingerprint density at radius 1 is 1.17 bits per heavy atom. The van der Waals surface area contributed by atoms with Crippen molar-refractivity contribution in [2.75, 3.05) is 52.0 Å². The zero-order chi connectivity index (χ0) is 17.1. The van der Waals surface area contributed by atoms with Crippen molar-refractivity contribution in [3.8, 4) is 0 Å². The van der Waals surface area contributed by atoms with E-state index in [0.29, 0.717) is 24.8 Å². The number of hydrogen-bond acceptors (Lipinski definition) is 6. The maximum absolute atomic E-state index is 12.5. The van der Waals surface area contributed by atoms with Crippen LogP contribution in [0.4, 0.5) is 10.5 Å². The van der Waals surface area contributed by atoms with Crippen LogP contribution in [0.5, 0.6) is 0 Å². The molecule has 0 unspecified atom stereocenters. The number of imide groups is 1. The molecule has 1 aromatic carbocycles. The van der Waals surface area contributed by atoms with Gasteiger partial charge in [-0.1, -0.05) is 12.1 Å². The zero-order valence-corrected chi connectivity index (χ0v) is 14.7. The van der Waals surface area contributed by atoms with Crippen LogP contribution in [0.15, 0.2) is 29.2 Å². The minimum Gasteiger partial charge on any atom is -0.379 e. The molecule has 2 aliphatic rings. The Kier molecular flexibility index (Phi) is 5.23. The summed E-state index contributed by atoms with van der Waals surface area (Å²) >= 11 is 1.01. The minimum absolute atomic E-state index is 0.206. The number of hydrogen-bond donors (Lipinski definition) is 0. The van der Waals surface area contributed by atoms with Crippen molar-refractivity contribution >= 4 is 34.7 Å². The Bertz CT molecular complexity index is 652. The standard InChI is InChI=1S/C17H21N3O3S/c1-18(2)14-5-3-13(4-6-14)11-15-16(21)20(17(22)24-15)12-19-7-9-23-10-8-19/h3-6,11H,7-10,12H2,1-2H3/b15-11+. The molecule has 1 aromatic rings. The van der Waals surface area contributed by atoms with Crippen LogP contribution in [-0.4, -0.2) is 68.0 Å². The van der Waals surface area contributed by atoms with Gasteiger partial charge in [-0.15, -0.1) is 0 Å². The maximum atomic E-state index is 12.5. The van der Waals surface area contributed by atoms with Crippen molar-refractivity contribution < 1.29 is 14.3 Å². The summed E-state index contributed by atoms with van der Waals surface area (Å²) in [6.45, 7) is 3.11. The van der Waals surface area contributed by atoms with Crippen molar-refractivity contribution in [1.29, 1.82) is 0 Å². The average Bonchev–Trinajstić information content (AvgIpc) is 2.84. The molecule has 0 atom stereocenters. The van der Waals surface area contributed by atoms with Gasteiger partial charge in [-0.3, -0.25) is 19.4 Å². The lowest BCUT2D eigenvalue weighted by Gasteiger charge is -2.29.